The van der Waals surface area contributed by atoms with E-state index >= 15 is 0 Å². The molecule has 1 aromatic carbocycles. The molecule has 0 bridgehead atoms. The van der Waals surface area contributed by atoms with Crippen LogP contribution in [0.15, 0.2) is 38.9 Å². The largest absolute Gasteiger partial charge is 0.372 e. The van der Waals surface area contributed by atoms with Crippen molar-refractivity contribution in [2.45, 2.75) is 46.2 Å². The van der Waals surface area contributed by atoms with E-state index in [0.717, 1.165) is 35.1 Å². The number of aryl methyl sites for hydroxylation is 1. The maximum absolute atomic E-state index is 12.9. The zero-order valence-electron chi connectivity index (χ0n) is 20.6. The van der Waals surface area contributed by atoms with Gasteiger partial charge in [0.25, 0.3) is 5.56 Å². The fraction of sp³-hybridized carbons (Fsp3) is 0.458. The standard InChI is InChI=1S/C24H32N6O3S/c1-7-29(8-2)18-11-9-17(10-12-18)27-19(31)14-34-22-20-21(25-16(5)26-22)30(13-15(3)4)24(33)28(6)23(20)32/h9-12,15H,7-8,13-14H2,1-6H3,(H,27,31). The summed E-state index contributed by atoms with van der Waals surface area (Å²) in [5, 5.41) is 3.54. The van der Waals surface area contributed by atoms with E-state index in [1.54, 1.807) is 6.92 Å². The van der Waals surface area contributed by atoms with E-state index in [4.69, 9.17) is 0 Å². The van der Waals surface area contributed by atoms with Gasteiger partial charge >= 0.3 is 5.69 Å². The van der Waals surface area contributed by atoms with Gasteiger partial charge < -0.3 is 10.2 Å². The molecule has 0 atom stereocenters. The van der Waals surface area contributed by atoms with Gasteiger partial charge in [0.2, 0.25) is 5.91 Å². The van der Waals surface area contributed by atoms with Crippen molar-refractivity contribution in [1.82, 2.24) is 19.1 Å². The quantitative estimate of drug-likeness (QED) is 0.368. The van der Waals surface area contributed by atoms with Crippen LogP contribution in [0.1, 0.15) is 33.5 Å². The van der Waals surface area contributed by atoms with Gasteiger partial charge in [-0.2, -0.15) is 0 Å². The minimum Gasteiger partial charge on any atom is -0.372 e. The summed E-state index contributed by atoms with van der Waals surface area (Å²) in [7, 11) is 1.45. The van der Waals surface area contributed by atoms with Crippen LogP contribution < -0.4 is 21.5 Å². The number of carbonyl (C=O) groups excluding carboxylic acids is 1. The van der Waals surface area contributed by atoms with Crippen molar-refractivity contribution < 1.29 is 4.79 Å². The first-order valence-corrected chi connectivity index (χ1v) is 12.4. The summed E-state index contributed by atoms with van der Waals surface area (Å²) in [6, 6.07) is 7.71. The fourth-order valence-corrected chi connectivity index (χ4v) is 4.61. The van der Waals surface area contributed by atoms with Gasteiger partial charge in [0.1, 0.15) is 16.2 Å². The first kappa shape index (κ1) is 25.5. The van der Waals surface area contributed by atoms with Gasteiger partial charge in [-0.15, -0.1) is 0 Å². The van der Waals surface area contributed by atoms with E-state index in [1.165, 1.54) is 11.6 Å². The third-order valence-electron chi connectivity index (χ3n) is 5.43. The molecule has 1 N–H and O–H groups in total. The van der Waals surface area contributed by atoms with Gasteiger partial charge in [-0.05, 0) is 51.0 Å². The minimum absolute atomic E-state index is 0.0653. The van der Waals surface area contributed by atoms with E-state index in [0.29, 0.717) is 28.7 Å². The summed E-state index contributed by atoms with van der Waals surface area (Å²) in [5.41, 5.74) is 1.24. The molecule has 2 heterocycles. The second-order valence-corrected chi connectivity index (χ2v) is 9.45. The Labute approximate surface area is 203 Å². The summed E-state index contributed by atoms with van der Waals surface area (Å²) in [5.74, 6) is 0.476. The number of amides is 1. The van der Waals surface area contributed by atoms with Crippen LogP contribution in [0.5, 0.6) is 0 Å². The Bertz CT molecular complexity index is 1290. The van der Waals surface area contributed by atoms with Gasteiger partial charge in [0, 0.05) is 38.1 Å². The molecule has 0 radical (unpaired) electrons. The number of nitrogens with one attached hydrogen (secondary N) is 1. The van der Waals surface area contributed by atoms with Crippen LogP contribution in [0.2, 0.25) is 0 Å². The van der Waals surface area contributed by atoms with E-state index in [9.17, 15) is 14.4 Å². The molecular formula is C24H32N6O3S. The van der Waals surface area contributed by atoms with E-state index in [1.807, 2.05) is 38.1 Å². The number of benzene rings is 1. The summed E-state index contributed by atoms with van der Waals surface area (Å²) >= 11 is 1.16. The zero-order valence-corrected chi connectivity index (χ0v) is 21.4. The lowest BCUT2D eigenvalue weighted by atomic mass is 10.2. The Kier molecular flexibility index (Phi) is 8.14. The predicted molar refractivity (Wildman–Crippen MR) is 138 cm³/mol. The van der Waals surface area contributed by atoms with Crippen molar-refractivity contribution in [3.63, 3.8) is 0 Å². The Morgan fingerprint density at radius 2 is 1.76 bits per heavy atom. The van der Waals surface area contributed by atoms with E-state index < -0.39 is 11.2 Å². The molecule has 0 fully saturated rings. The molecule has 0 spiro atoms. The molecular weight excluding hydrogens is 452 g/mol. The number of rotatable bonds is 9. The maximum atomic E-state index is 12.9. The van der Waals surface area contributed by atoms with Crippen molar-refractivity contribution in [3.05, 3.63) is 50.9 Å². The van der Waals surface area contributed by atoms with E-state index in [-0.39, 0.29) is 23.0 Å². The molecule has 10 heteroatoms. The lowest BCUT2D eigenvalue weighted by Crippen LogP contribution is -2.39. The summed E-state index contributed by atoms with van der Waals surface area (Å²) in [4.78, 5) is 49.4. The number of nitrogens with zero attached hydrogens (tertiary/aromatic N) is 5. The van der Waals surface area contributed by atoms with Gasteiger partial charge in [-0.1, -0.05) is 25.6 Å². The highest BCUT2D eigenvalue weighted by atomic mass is 32.2. The molecule has 2 aromatic heterocycles. The third kappa shape index (κ3) is 5.49. The SMILES string of the molecule is CCN(CC)c1ccc(NC(=O)CSc2nc(C)nc3c2c(=O)n(C)c(=O)n3CC(C)C)cc1. The Morgan fingerprint density at radius 3 is 2.35 bits per heavy atom. The van der Waals surface area contributed by atoms with Crippen molar-refractivity contribution in [3.8, 4) is 0 Å². The van der Waals surface area contributed by atoms with Gasteiger partial charge in [-0.3, -0.25) is 18.7 Å². The Hall–Kier alpha value is -3.14. The highest BCUT2D eigenvalue weighted by Gasteiger charge is 2.19. The van der Waals surface area contributed by atoms with Crippen molar-refractivity contribution in [1.29, 1.82) is 0 Å². The van der Waals surface area contributed by atoms with Crippen molar-refractivity contribution >= 4 is 40.1 Å². The third-order valence-corrected chi connectivity index (χ3v) is 6.40. The molecule has 34 heavy (non-hydrogen) atoms. The van der Waals surface area contributed by atoms with Crippen LogP contribution >= 0.6 is 11.8 Å². The second-order valence-electron chi connectivity index (χ2n) is 8.48. The van der Waals surface area contributed by atoms with Gasteiger partial charge in [-0.25, -0.2) is 14.8 Å². The Balaban J connectivity index is 1.85. The zero-order chi connectivity index (χ0) is 25.0. The predicted octanol–water partition coefficient (Wildman–Crippen LogP) is 3.03. The smallest absolute Gasteiger partial charge is 0.332 e. The van der Waals surface area contributed by atoms with Gasteiger partial charge in [0.15, 0.2) is 5.65 Å². The van der Waals surface area contributed by atoms with E-state index in [2.05, 4.69) is 34.0 Å². The number of anilines is 2. The highest BCUT2D eigenvalue weighted by molar-refractivity contribution is 8.00. The topological polar surface area (TPSA) is 102 Å². The highest BCUT2D eigenvalue weighted by Crippen LogP contribution is 2.23. The molecule has 0 unspecified atom stereocenters. The molecule has 0 aliphatic carbocycles. The van der Waals surface area contributed by atoms with Crippen LogP contribution in [0, 0.1) is 12.8 Å². The number of fused-ring (bicyclic) bond motifs is 1. The summed E-state index contributed by atoms with van der Waals surface area (Å²) < 4.78 is 2.59. The average molecular weight is 485 g/mol. The van der Waals surface area contributed by atoms with Crippen LogP contribution in [0.3, 0.4) is 0 Å². The second kappa shape index (κ2) is 10.9. The van der Waals surface area contributed by atoms with Crippen LogP contribution in [-0.4, -0.2) is 43.9 Å². The van der Waals surface area contributed by atoms with Gasteiger partial charge in [0.05, 0.1) is 5.75 Å². The monoisotopic (exact) mass is 484 g/mol. The number of hydrogen-bond donors (Lipinski definition) is 1. The molecule has 0 aliphatic rings. The number of thioether (sulfide) groups is 1. The molecule has 0 aliphatic heterocycles. The molecule has 3 rings (SSSR count). The number of carbonyl (C=O) groups is 1. The van der Waals surface area contributed by atoms with Crippen molar-refractivity contribution in [2.24, 2.45) is 13.0 Å². The number of aromatic nitrogens is 4. The first-order chi connectivity index (χ1) is 16.2. The molecule has 9 nitrogen and oxygen atoms in total. The minimum atomic E-state index is -0.463. The summed E-state index contributed by atoms with van der Waals surface area (Å²) in [6.07, 6.45) is 0. The maximum Gasteiger partial charge on any atom is 0.332 e. The lowest BCUT2D eigenvalue weighted by Gasteiger charge is -2.21. The normalized spacial score (nSPS) is 11.3. The van der Waals surface area contributed by atoms with Crippen LogP contribution in [0.4, 0.5) is 11.4 Å². The van der Waals surface area contributed by atoms with Crippen LogP contribution in [-0.2, 0) is 18.4 Å². The molecule has 182 valence electrons. The van der Waals surface area contributed by atoms with Crippen LogP contribution in [0.25, 0.3) is 11.0 Å². The average Bonchev–Trinajstić information content (AvgIpc) is 2.80. The summed E-state index contributed by atoms with van der Waals surface area (Å²) in [6.45, 7) is 12.1. The molecule has 0 saturated heterocycles. The number of hydrogen-bond acceptors (Lipinski definition) is 7. The first-order valence-electron chi connectivity index (χ1n) is 11.4. The lowest BCUT2D eigenvalue weighted by molar-refractivity contribution is -0.113. The van der Waals surface area contributed by atoms with Crippen molar-refractivity contribution in [2.75, 3.05) is 29.1 Å². The molecule has 3 aromatic rings. The fourth-order valence-electron chi connectivity index (χ4n) is 3.75. The molecule has 1 amide bonds. The molecule has 0 saturated carbocycles. The Morgan fingerprint density at radius 1 is 1.12 bits per heavy atom.